The highest BCUT2D eigenvalue weighted by Gasteiger charge is 2.52. The second-order valence-electron chi connectivity index (χ2n) is 12.2. The average molecular weight is 640 g/mol. The van der Waals surface area contributed by atoms with Crippen LogP contribution in [0.5, 0.6) is 0 Å². The molecule has 0 unspecified atom stereocenters. The highest BCUT2D eigenvalue weighted by Crippen LogP contribution is 2.38. The zero-order valence-corrected chi connectivity index (χ0v) is 25.5. The van der Waals surface area contributed by atoms with Gasteiger partial charge in [0.1, 0.15) is 29.3 Å². The number of alkyl halides is 3. The summed E-state index contributed by atoms with van der Waals surface area (Å²) in [6.45, 7) is 7.16. The Bertz CT molecular complexity index is 1450. The standard InChI is InChI=1S/C30H34BF5N2O7/c1-28(2)29(3,4)45-31(44-28)20-7-6-16(18-13-43-14-19(18)20)10-23(27(40)41-5)37-26(39)25-21(32)11-17(12-22(25)33)38-8-9-42-15-24(38)30(34,35)36/h6-7,11-12,23-24H,8-10,13-15H2,1-5H3,(H,37,39)/t23-,24+/m0/s1. The molecule has 0 bridgehead atoms. The third kappa shape index (κ3) is 6.40. The lowest BCUT2D eigenvalue weighted by atomic mass is 9.74. The van der Waals surface area contributed by atoms with E-state index in [2.05, 4.69) is 5.32 Å². The van der Waals surface area contributed by atoms with Crippen LogP contribution < -0.4 is 15.7 Å². The molecule has 2 fully saturated rings. The summed E-state index contributed by atoms with van der Waals surface area (Å²) in [5.74, 6) is -4.92. The normalized spacial score (nSPS) is 21.4. The number of methoxy groups -OCH3 is 1. The van der Waals surface area contributed by atoms with Gasteiger partial charge in [-0.3, -0.25) is 4.79 Å². The molecule has 2 aromatic rings. The number of halogens is 5. The van der Waals surface area contributed by atoms with E-state index >= 15 is 8.78 Å². The average Bonchev–Trinajstić information content (AvgIpc) is 3.53. The van der Waals surface area contributed by atoms with Gasteiger partial charge in [0.15, 0.2) is 0 Å². The minimum absolute atomic E-state index is 0.0781. The molecule has 0 spiro atoms. The Morgan fingerprint density at radius 3 is 2.27 bits per heavy atom. The number of hydrogen-bond acceptors (Lipinski definition) is 8. The van der Waals surface area contributed by atoms with E-state index in [0.717, 1.165) is 28.6 Å². The van der Waals surface area contributed by atoms with Gasteiger partial charge in [-0.25, -0.2) is 13.6 Å². The number of hydrogen-bond donors (Lipinski definition) is 1. The molecular weight excluding hydrogens is 606 g/mol. The van der Waals surface area contributed by atoms with Gasteiger partial charge in [0.25, 0.3) is 5.91 Å². The van der Waals surface area contributed by atoms with Crippen molar-refractivity contribution in [3.05, 3.63) is 58.2 Å². The first kappa shape index (κ1) is 33.1. The van der Waals surface area contributed by atoms with Crippen molar-refractivity contribution < 1.29 is 55.1 Å². The van der Waals surface area contributed by atoms with E-state index in [1.165, 1.54) is 0 Å². The molecule has 2 saturated heterocycles. The van der Waals surface area contributed by atoms with Crippen LogP contribution in [0.25, 0.3) is 0 Å². The zero-order chi connectivity index (χ0) is 32.9. The molecule has 15 heteroatoms. The molecule has 0 saturated carbocycles. The Labute approximate surface area is 257 Å². The third-order valence-electron chi connectivity index (χ3n) is 8.87. The minimum Gasteiger partial charge on any atom is -0.467 e. The van der Waals surface area contributed by atoms with Gasteiger partial charge < -0.3 is 33.7 Å². The molecule has 45 heavy (non-hydrogen) atoms. The number of benzene rings is 2. The van der Waals surface area contributed by atoms with Gasteiger partial charge in [0, 0.05) is 18.7 Å². The SMILES string of the molecule is COC(=O)[C@H](Cc1ccc(B2OC(C)(C)C(C)(C)O2)c2c1COC2)NC(=O)c1c(F)cc(N2CCOC[C@@H]2C(F)(F)F)cc1F. The van der Waals surface area contributed by atoms with Crippen LogP contribution in [0.15, 0.2) is 24.3 Å². The second kappa shape index (κ2) is 12.2. The number of nitrogens with one attached hydrogen (secondary N) is 1. The van der Waals surface area contributed by atoms with Crippen LogP contribution in [0.4, 0.5) is 27.6 Å². The fourth-order valence-corrected chi connectivity index (χ4v) is 5.66. The number of rotatable bonds is 7. The maximum absolute atomic E-state index is 15.2. The molecular formula is C30H34BF5N2O7. The van der Waals surface area contributed by atoms with Crippen LogP contribution in [0.1, 0.15) is 54.7 Å². The van der Waals surface area contributed by atoms with Gasteiger partial charge in [0.2, 0.25) is 0 Å². The topological polar surface area (TPSA) is 95.6 Å². The van der Waals surface area contributed by atoms with Crippen LogP contribution >= 0.6 is 0 Å². The number of carbonyl (C=O) groups is 2. The summed E-state index contributed by atoms with van der Waals surface area (Å²) in [5.41, 5.74) is 0.372. The summed E-state index contributed by atoms with van der Waals surface area (Å²) >= 11 is 0. The van der Waals surface area contributed by atoms with Gasteiger partial charge in [-0.15, -0.1) is 0 Å². The number of morpholine rings is 1. The maximum Gasteiger partial charge on any atom is 0.495 e. The summed E-state index contributed by atoms with van der Waals surface area (Å²) in [4.78, 5) is 26.7. The molecule has 5 rings (SSSR count). The van der Waals surface area contributed by atoms with E-state index in [1.54, 1.807) is 12.1 Å². The molecule has 0 aromatic heterocycles. The zero-order valence-electron chi connectivity index (χ0n) is 25.5. The summed E-state index contributed by atoms with van der Waals surface area (Å²) in [5, 5.41) is 2.33. The minimum atomic E-state index is -4.72. The Hall–Kier alpha value is -3.27. The lowest BCUT2D eigenvalue weighted by molar-refractivity contribution is -0.167. The Morgan fingerprint density at radius 1 is 1.04 bits per heavy atom. The number of nitrogens with zero attached hydrogens (tertiary/aromatic N) is 1. The van der Waals surface area contributed by atoms with Crippen molar-refractivity contribution in [2.75, 3.05) is 31.8 Å². The van der Waals surface area contributed by atoms with E-state index in [-0.39, 0.29) is 32.8 Å². The first-order chi connectivity index (χ1) is 21.0. The van der Waals surface area contributed by atoms with Gasteiger partial charge in [0.05, 0.1) is 44.7 Å². The van der Waals surface area contributed by atoms with E-state index in [9.17, 15) is 22.8 Å². The van der Waals surface area contributed by atoms with E-state index < -0.39 is 77.9 Å². The summed E-state index contributed by atoms with van der Waals surface area (Å²) in [6.07, 6.45) is -4.82. The van der Waals surface area contributed by atoms with Crippen molar-refractivity contribution in [3.8, 4) is 0 Å². The van der Waals surface area contributed by atoms with Gasteiger partial charge in [-0.05, 0) is 62.0 Å². The molecule has 244 valence electrons. The van der Waals surface area contributed by atoms with Crippen molar-refractivity contribution >= 4 is 30.1 Å². The number of fused-ring (bicyclic) bond motifs is 1. The van der Waals surface area contributed by atoms with Crippen LogP contribution in [0.2, 0.25) is 0 Å². The lowest BCUT2D eigenvalue weighted by Gasteiger charge is -2.38. The molecule has 1 amide bonds. The Balaban J connectivity index is 1.38. The largest absolute Gasteiger partial charge is 0.495 e. The fraction of sp³-hybridized carbons (Fsp3) is 0.533. The number of esters is 1. The predicted octanol–water partition coefficient (Wildman–Crippen LogP) is 3.58. The summed E-state index contributed by atoms with van der Waals surface area (Å²) in [7, 11) is 0.444. The molecule has 3 heterocycles. The van der Waals surface area contributed by atoms with Crippen molar-refractivity contribution in [2.24, 2.45) is 0 Å². The number of ether oxygens (including phenoxy) is 3. The van der Waals surface area contributed by atoms with Crippen LogP contribution in [-0.2, 0) is 47.9 Å². The van der Waals surface area contributed by atoms with Gasteiger partial charge in [-0.1, -0.05) is 12.1 Å². The van der Waals surface area contributed by atoms with E-state index in [0.29, 0.717) is 17.7 Å². The fourth-order valence-electron chi connectivity index (χ4n) is 5.66. The maximum atomic E-state index is 15.2. The number of anilines is 1. The van der Waals surface area contributed by atoms with Gasteiger partial charge >= 0.3 is 19.3 Å². The molecule has 3 aliphatic rings. The monoisotopic (exact) mass is 640 g/mol. The highest BCUT2D eigenvalue weighted by atomic mass is 19.4. The number of carbonyl (C=O) groups excluding carboxylic acids is 2. The molecule has 0 aliphatic carbocycles. The second-order valence-corrected chi connectivity index (χ2v) is 12.2. The quantitative estimate of drug-likeness (QED) is 0.279. The van der Waals surface area contributed by atoms with Crippen LogP contribution in [0, 0.1) is 11.6 Å². The Morgan fingerprint density at radius 2 is 1.67 bits per heavy atom. The van der Waals surface area contributed by atoms with E-state index in [4.69, 9.17) is 23.5 Å². The van der Waals surface area contributed by atoms with Crippen molar-refractivity contribution in [2.45, 2.75) is 76.8 Å². The highest BCUT2D eigenvalue weighted by molar-refractivity contribution is 6.62. The molecule has 2 atom stereocenters. The predicted molar refractivity (Wildman–Crippen MR) is 152 cm³/mol. The first-order valence-electron chi connectivity index (χ1n) is 14.4. The van der Waals surface area contributed by atoms with Crippen molar-refractivity contribution in [1.29, 1.82) is 0 Å². The summed E-state index contributed by atoms with van der Waals surface area (Å²) in [6, 6.07) is 1.38. The van der Waals surface area contributed by atoms with E-state index in [1.807, 2.05) is 27.7 Å². The first-order valence-corrected chi connectivity index (χ1v) is 14.4. The molecule has 3 aliphatic heterocycles. The molecule has 2 aromatic carbocycles. The third-order valence-corrected chi connectivity index (χ3v) is 8.87. The number of amides is 1. The van der Waals surface area contributed by atoms with Crippen LogP contribution in [0.3, 0.4) is 0 Å². The molecule has 9 nitrogen and oxygen atoms in total. The van der Waals surface area contributed by atoms with Crippen LogP contribution in [-0.4, -0.2) is 75.3 Å². The van der Waals surface area contributed by atoms with Crippen molar-refractivity contribution in [3.63, 3.8) is 0 Å². The molecule has 1 N–H and O–H groups in total. The Kier molecular flexibility index (Phi) is 8.94. The smallest absolute Gasteiger partial charge is 0.467 e. The lowest BCUT2D eigenvalue weighted by Crippen LogP contribution is -2.53. The van der Waals surface area contributed by atoms with Gasteiger partial charge in [-0.2, -0.15) is 13.2 Å². The summed E-state index contributed by atoms with van der Waals surface area (Å²) < 4.78 is 98.8. The molecule has 0 radical (unpaired) electrons. The van der Waals surface area contributed by atoms with Crippen molar-refractivity contribution in [1.82, 2.24) is 5.32 Å².